The van der Waals surface area contributed by atoms with E-state index in [4.69, 9.17) is 21.1 Å². The number of ether oxygens (including phenoxy) is 3. The van der Waals surface area contributed by atoms with Gasteiger partial charge in [-0.25, -0.2) is 4.79 Å². The van der Waals surface area contributed by atoms with E-state index in [1.165, 1.54) is 20.3 Å². The standard InChI is InChI=1S/C12H15ClO4/c1-4-5-17-10-7-11(15-2)9(13)6-8(10)12(14)16-3/h6-7H,4-5H2,1-3H3. The Balaban J connectivity index is 3.15. The van der Waals surface area contributed by atoms with Crippen molar-refractivity contribution in [2.24, 2.45) is 0 Å². The molecular weight excluding hydrogens is 244 g/mol. The van der Waals surface area contributed by atoms with Crippen molar-refractivity contribution in [1.82, 2.24) is 0 Å². The zero-order valence-corrected chi connectivity index (χ0v) is 10.8. The molecule has 0 aliphatic rings. The van der Waals surface area contributed by atoms with Crippen molar-refractivity contribution >= 4 is 17.6 Å². The Morgan fingerprint density at radius 2 is 2.00 bits per heavy atom. The molecule has 0 N–H and O–H groups in total. The highest BCUT2D eigenvalue weighted by molar-refractivity contribution is 6.32. The third-order valence-electron chi connectivity index (χ3n) is 2.12. The van der Waals surface area contributed by atoms with Crippen LogP contribution in [0.4, 0.5) is 0 Å². The largest absolute Gasteiger partial charge is 0.495 e. The van der Waals surface area contributed by atoms with Gasteiger partial charge in [-0.3, -0.25) is 0 Å². The van der Waals surface area contributed by atoms with E-state index in [-0.39, 0.29) is 0 Å². The van der Waals surface area contributed by atoms with Crippen molar-refractivity contribution < 1.29 is 19.0 Å². The van der Waals surface area contributed by atoms with E-state index >= 15 is 0 Å². The number of carbonyl (C=O) groups excluding carboxylic acids is 1. The first-order valence-corrected chi connectivity index (χ1v) is 5.60. The van der Waals surface area contributed by atoms with E-state index in [0.29, 0.717) is 28.7 Å². The molecule has 0 spiro atoms. The Kier molecular flexibility index (Phi) is 5.10. The van der Waals surface area contributed by atoms with Gasteiger partial charge in [-0.15, -0.1) is 0 Å². The summed E-state index contributed by atoms with van der Waals surface area (Å²) in [6.07, 6.45) is 0.839. The topological polar surface area (TPSA) is 44.8 Å². The predicted octanol–water partition coefficient (Wildman–Crippen LogP) is 2.92. The highest BCUT2D eigenvalue weighted by Gasteiger charge is 2.17. The summed E-state index contributed by atoms with van der Waals surface area (Å²) in [4.78, 5) is 11.5. The molecule has 5 heteroatoms. The molecule has 0 bridgehead atoms. The quantitative estimate of drug-likeness (QED) is 0.762. The summed E-state index contributed by atoms with van der Waals surface area (Å²) >= 11 is 5.95. The number of esters is 1. The molecular formula is C12H15ClO4. The second kappa shape index (κ2) is 6.35. The van der Waals surface area contributed by atoms with Crippen LogP contribution in [0.5, 0.6) is 11.5 Å². The fraction of sp³-hybridized carbons (Fsp3) is 0.417. The summed E-state index contributed by atoms with van der Waals surface area (Å²) in [6, 6.07) is 3.07. The van der Waals surface area contributed by atoms with Crippen LogP contribution in [0.2, 0.25) is 5.02 Å². The SMILES string of the molecule is CCCOc1cc(OC)c(Cl)cc1C(=O)OC. The molecule has 0 saturated carbocycles. The van der Waals surface area contributed by atoms with E-state index < -0.39 is 5.97 Å². The number of halogens is 1. The Labute approximate surface area is 105 Å². The van der Waals surface area contributed by atoms with Crippen molar-refractivity contribution in [2.45, 2.75) is 13.3 Å². The maximum absolute atomic E-state index is 11.5. The Morgan fingerprint density at radius 1 is 1.29 bits per heavy atom. The van der Waals surface area contributed by atoms with E-state index in [9.17, 15) is 4.79 Å². The second-order valence-electron chi connectivity index (χ2n) is 3.32. The van der Waals surface area contributed by atoms with Crippen molar-refractivity contribution in [3.05, 3.63) is 22.7 Å². The number of hydrogen-bond acceptors (Lipinski definition) is 4. The predicted molar refractivity (Wildman–Crippen MR) is 65.1 cm³/mol. The lowest BCUT2D eigenvalue weighted by molar-refractivity contribution is 0.0596. The number of methoxy groups -OCH3 is 2. The van der Waals surface area contributed by atoms with E-state index in [1.54, 1.807) is 6.07 Å². The van der Waals surface area contributed by atoms with Gasteiger partial charge in [-0.2, -0.15) is 0 Å². The molecule has 0 aliphatic heterocycles. The lowest BCUT2D eigenvalue weighted by Crippen LogP contribution is -2.07. The first kappa shape index (κ1) is 13.6. The molecule has 1 rings (SSSR count). The molecule has 0 heterocycles. The average molecular weight is 259 g/mol. The van der Waals surface area contributed by atoms with Crippen molar-refractivity contribution in [2.75, 3.05) is 20.8 Å². The lowest BCUT2D eigenvalue weighted by atomic mass is 10.2. The van der Waals surface area contributed by atoms with Crippen molar-refractivity contribution in [3.8, 4) is 11.5 Å². The first-order valence-electron chi connectivity index (χ1n) is 5.22. The second-order valence-corrected chi connectivity index (χ2v) is 3.73. The minimum absolute atomic E-state index is 0.298. The van der Waals surface area contributed by atoms with Gasteiger partial charge < -0.3 is 14.2 Å². The van der Waals surface area contributed by atoms with Gasteiger partial charge in [0.25, 0.3) is 0 Å². The summed E-state index contributed by atoms with van der Waals surface area (Å²) in [5.74, 6) is 0.394. The molecule has 4 nitrogen and oxygen atoms in total. The molecule has 0 radical (unpaired) electrons. The first-order chi connectivity index (χ1) is 8.13. The number of hydrogen-bond donors (Lipinski definition) is 0. The highest BCUT2D eigenvalue weighted by atomic mass is 35.5. The van der Waals surface area contributed by atoms with Crippen LogP contribution in [0, 0.1) is 0 Å². The van der Waals surface area contributed by atoms with Gasteiger partial charge in [0.1, 0.15) is 17.1 Å². The molecule has 0 fully saturated rings. The number of carbonyl (C=O) groups is 1. The van der Waals surface area contributed by atoms with Crippen LogP contribution in [0.3, 0.4) is 0 Å². The summed E-state index contributed by atoms with van der Waals surface area (Å²) in [5, 5.41) is 0.344. The summed E-state index contributed by atoms with van der Waals surface area (Å²) in [6.45, 7) is 2.49. The number of rotatable bonds is 5. The Morgan fingerprint density at radius 3 is 2.53 bits per heavy atom. The van der Waals surface area contributed by atoms with Crippen LogP contribution in [-0.4, -0.2) is 26.8 Å². The molecule has 0 aromatic heterocycles. The van der Waals surface area contributed by atoms with Crippen LogP contribution in [0.25, 0.3) is 0 Å². The van der Waals surface area contributed by atoms with Gasteiger partial charge in [0.2, 0.25) is 0 Å². The van der Waals surface area contributed by atoms with Crippen molar-refractivity contribution in [1.29, 1.82) is 0 Å². The Hall–Kier alpha value is -1.42. The molecule has 1 aromatic rings. The third-order valence-corrected chi connectivity index (χ3v) is 2.42. The van der Waals surface area contributed by atoms with Gasteiger partial charge >= 0.3 is 5.97 Å². The van der Waals surface area contributed by atoms with E-state index in [0.717, 1.165) is 6.42 Å². The minimum Gasteiger partial charge on any atom is -0.495 e. The third kappa shape index (κ3) is 3.27. The average Bonchev–Trinajstić information content (AvgIpc) is 2.35. The maximum atomic E-state index is 11.5. The molecule has 0 amide bonds. The summed E-state index contributed by atoms with van der Waals surface area (Å²) in [5.41, 5.74) is 0.298. The van der Waals surface area contributed by atoms with Gasteiger partial charge in [-0.05, 0) is 12.5 Å². The molecule has 0 aliphatic carbocycles. The fourth-order valence-corrected chi connectivity index (χ4v) is 1.53. The van der Waals surface area contributed by atoms with E-state index in [2.05, 4.69) is 4.74 Å². The zero-order valence-electron chi connectivity index (χ0n) is 10.1. The smallest absolute Gasteiger partial charge is 0.341 e. The van der Waals surface area contributed by atoms with Crippen LogP contribution < -0.4 is 9.47 Å². The highest BCUT2D eigenvalue weighted by Crippen LogP contribution is 2.33. The normalized spacial score (nSPS) is 9.88. The molecule has 0 unspecified atom stereocenters. The fourth-order valence-electron chi connectivity index (χ4n) is 1.29. The Bertz CT molecular complexity index is 404. The zero-order chi connectivity index (χ0) is 12.8. The van der Waals surface area contributed by atoms with Gasteiger partial charge in [-0.1, -0.05) is 18.5 Å². The monoisotopic (exact) mass is 258 g/mol. The van der Waals surface area contributed by atoms with Crippen molar-refractivity contribution in [3.63, 3.8) is 0 Å². The lowest BCUT2D eigenvalue weighted by Gasteiger charge is -2.12. The van der Waals surface area contributed by atoms with Crippen LogP contribution >= 0.6 is 11.6 Å². The molecule has 0 atom stereocenters. The van der Waals surface area contributed by atoms with E-state index in [1.807, 2.05) is 6.92 Å². The van der Waals surface area contributed by atoms with Gasteiger partial charge in [0, 0.05) is 6.07 Å². The summed E-state index contributed by atoms with van der Waals surface area (Å²) < 4.78 is 15.2. The molecule has 0 saturated heterocycles. The molecule has 17 heavy (non-hydrogen) atoms. The molecule has 94 valence electrons. The van der Waals surface area contributed by atoms with Crippen LogP contribution in [-0.2, 0) is 4.74 Å². The van der Waals surface area contributed by atoms with Crippen LogP contribution in [0.15, 0.2) is 12.1 Å². The summed E-state index contributed by atoms with van der Waals surface area (Å²) in [7, 11) is 2.81. The van der Waals surface area contributed by atoms with Gasteiger partial charge in [0.15, 0.2) is 0 Å². The van der Waals surface area contributed by atoms with Gasteiger partial charge in [0.05, 0.1) is 25.8 Å². The number of benzene rings is 1. The molecule has 1 aromatic carbocycles. The van der Waals surface area contributed by atoms with Crippen LogP contribution in [0.1, 0.15) is 23.7 Å². The maximum Gasteiger partial charge on any atom is 0.341 e. The minimum atomic E-state index is -0.486.